The fraction of sp³-hybridized carbons (Fsp3) is 0.0500. The molecule has 0 aliphatic rings. The smallest absolute Gasteiger partial charge is 0.296 e. The molecule has 3 aromatic carbocycles. The minimum Gasteiger partial charge on any atom is -0.497 e. The van der Waals surface area contributed by atoms with Crippen LogP contribution in [0.2, 0.25) is 0 Å². The number of nitrogens with two attached hydrogens (primary N) is 2. The second kappa shape index (κ2) is 9.76. The summed E-state index contributed by atoms with van der Waals surface area (Å²) < 4.78 is 64.8. The minimum atomic E-state index is -4.11. The number of carbonyl (C=O) groups is 1. The van der Waals surface area contributed by atoms with Gasteiger partial charge in [0.15, 0.2) is 0 Å². The van der Waals surface area contributed by atoms with E-state index in [1.54, 1.807) is 6.07 Å². The molecule has 0 aliphatic heterocycles. The van der Waals surface area contributed by atoms with Crippen LogP contribution in [-0.2, 0) is 10.2 Å². The summed E-state index contributed by atoms with van der Waals surface area (Å²) in [5, 5.41) is 7.64. The number of hydrogen-bond acceptors (Lipinski definition) is 6. The van der Waals surface area contributed by atoms with E-state index >= 15 is 0 Å². The molecule has 3 aromatic rings. The Morgan fingerprint density at radius 1 is 1.03 bits per heavy atom. The van der Waals surface area contributed by atoms with Crippen molar-refractivity contribution in [2.75, 3.05) is 17.1 Å². The lowest BCUT2D eigenvalue weighted by atomic mass is 10.1. The van der Waals surface area contributed by atoms with Gasteiger partial charge in [0.1, 0.15) is 34.4 Å². The molecule has 13 heteroatoms. The summed E-state index contributed by atoms with van der Waals surface area (Å²) >= 11 is 1.93. The van der Waals surface area contributed by atoms with Crippen LogP contribution in [0.5, 0.6) is 17.2 Å². The zero-order chi connectivity index (χ0) is 24.3. The van der Waals surface area contributed by atoms with E-state index in [1.165, 1.54) is 37.4 Å². The highest BCUT2D eigenvalue weighted by molar-refractivity contribution is 14.1. The number of ether oxygens (including phenoxy) is 2. The molecule has 3 rings (SSSR count). The van der Waals surface area contributed by atoms with Gasteiger partial charge >= 0.3 is 0 Å². The second-order valence-corrected chi connectivity index (χ2v) is 9.13. The van der Waals surface area contributed by atoms with Crippen molar-refractivity contribution < 1.29 is 31.5 Å². The molecule has 0 saturated carbocycles. The molecule has 0 aromatic heterocycles. The second-order valence-electron chi connectivity index (χ2n) is 6.59. The molecule has 6 N–H and O–H groups in total. The maximum absolute atomic E-state index is 14.4. The van der Waals surface area contributed by atoms with Crippen LogP contribution in [0.3, 0.4) is 0 Å². The number of methoxy groups -OCH3 is 1. The molecule has 1 amide bonds. The first kappa shape index (κ1) is 24.5. The normalized spacial score (nSPS) is 11.1. The van der Waals surface area contributed by atoms with Crippen LogP contribution in [0.4, 0.5) is 25.8 Å². The van der Waals surface area contributed by atoms with E-state index in [0.717, 1.165) is 12.1 Å². The number of anilines is 3. The number of nitrogens with one attached hydrogen (secondary N) is 2. The van der Waals surface area contributed by atoms with E-state index in [2.05, 4.69) is 10.0 Å². The van der Waals surface area contributed by atoms with E-state index in [1.807, 2.05) is 22.6 Å². The SMILES string of the molecule is COc1cc(NS(N)(=O)=O)cc(Oc2cc(F)cc(Nc3ccc(I)cc3F)c2C(N)=O)c1. The summed E-state index contributed by atoms with van der Waals surface area (Å²) in [7, 11) is -2.78. The maximum Gasteiger partial charge on any atom is 0.296 e. The molecule has 174 valence electrons. The molecule has 0 unspecified atom stereocenters. The van der Waals surface area contributed by atoms with Gasteiger partial charge in [-0.3, -0.25) is 9.52 Å². The zero-order valence-electron chi connectivity index (χ0n) is 16.9. The molecule has 0 bridgehead atoms. The largest absolute Gasteiger partial charge is 0.497 e. The van der Waals surface area contributed by atoms with Crippen LogP contribution < -0.4 is 30.4 Å². The molecule has 9 nitrogen and oxygen atoms in total. The number of amides is 1. The first-order valence-electron chi connectivity index (χ1n) is 8.98. The van der Waals surface area contributed by atoms with Gasteiger partial charge in [-0.15, -0.1) is 0 Å². The molecule has 0 atom stereocenters. The number of carbonyl (C=O) groups excluding carboxylic acids is 1. The van der Waals surface area contributed by atoms with Crippen molar-refractivity contribution in [1.82, 2.24) is 0 Å². The van der Waals surface area contributed by atoms with Gasteiger partial charge in [-0.1, -0.05) is 0 Å². The molecule has 0 fully saturated rings. The van der Waals surface area contributed by atoms with Crippen LogP contribution >= 0.6 is 22.6 Å². The minimum absolute atomic E-state index is 0.0109. The standard InChI is InChI=1S/C20H17F2IN4O5S/c1-31-13-7-12(27-33(25,29)30)8-14(9-13)32-18-5-10(21)4-17(19(18)20(24)28)26-16-3-2-11(23)6-15(16)22/h2-9,26-27H,1H3,(H2,24,28)(H2,25,29,30). The van der Waals surface area contributed by atoms with E-state index < -0.39 is 27.8 Å². The van der Waals surface area contributed by atoms with Crippen molar-refractivity contribution in [2.45, 2.75) is 0 Å². The average molecular weight is 590 g/mol. The van der Waals surface area contributed by atoms with Crippen LogP contribution in [0.15, 0.2) is 48.5 Å². The Kier molecular flexibility index (Phi) is 7.24. The number of benzene rings is 3. The highest BCUT2D eigenvalue weighted by Gasteiger charge is 2.20. The lowest BCUT2D eigenvalue weighted by Gasteiger charge is -2.17. The Hall–Kier alpha value is -3.17. The first-order chi connectivity index (χ1) is 15.4. The predicted molar refractivity (Wildman–Crippen MR) is 127 cm³/mol. The van der Waals surface area contributed by atoms with Crippen molar-refractivity contribution in [3.63, 3.8) is 0 Å². The third-order valence-electron chi connectivity index (χ3n) is 4.12. The summed E-state index contributed by atoms with van der Waals surface area (Å²) in [6.45, 7) is 0. The van der Waals surface area contributed by atoms with Crippen molar-refractivity contribution in [3.8, 4) is 17.2 Å². The zero-order valence-corrected chi connectivity index (χ0v) is 19.8. The van der Waals surface area contributed by atoms with Gasteiger partial charge in [-0.2, -0.15) is 8.42 Å². The number of hydrogen-bond donors (Lipinski definition) is 4. The van der Waals surface area contributed by atoms with Gasteiger partial charge in [0.2, 0.25) is 0 Å². The fourth-order valence-electron chi connectivity index (χ4n) is 2.85. The van der Waals surface area contributed by atoms with E-state index in [4.69, 9.17) is 20.3 Å². The van der Waals surface area contributed by atoms with E-state index in [9.17, 15) is 22.0 Å². The van der Waals surface area contributed by atoms with E-state index in [0.29, 0.717) is 3.57 Å². The van der Waals surface area contributed by atoms with Gasteiger partial charge < -0.3 is 20.5 Å². The third kappa shape index (κ3) is 6.43. The average Bonchev–Trinajstić information content (AvgIpc) is 2.68. The van der Waals surface area contributed by atoms with Gasteiger partial charge in [0.05, 0.1) is 24.2 Å². The molecular weight excluding hydrogens is 573 g/mol. The van der Waals surface area contributed by atoms with Crippen LogP contribution in [0, 0.1) is 15.2 Å². The third-order valence-corrected chi connectivity index (χ3v) is 5.31. The van der Waals surface area contributed by atoms with Crippen LogP contribution in [0.1, 0.15) is 10.4 Å². The Morgan fingerprint density at radius 3 is 2.33 bits per heavy atom. The lowest BCUT2D eigenvalue weighted by Crippen LogP contribution is -2.21. The summed E-state index contributed by atoms with van der Waals surface area (Å²) in [5.41, 5.74) is 5.06. The summed E-state index contributed by atoms with van der Waals surface area (Å²) in [6.07, 6.45) is 0. The molecule has 0 heterocycles. The highest BCUT2D eigenvalue weighted by Crippen LogP contribution is 2.36. The van der Waals surface area contributed by atoms with Gasteiger partial charge in [-0.05, 0) is 46.9 Å². The Morgan fingerprint density at radius 2 is 1.73 bits per heavy atom. The molecule has 0 aliphatic carbocycles. The molecule has 0 saturated heterocycles. The number of rotatable bonds is 8. The van der Waals surface area contributed by atoms with Crippen molar-refractivity contribution in [1.29, 1.82) is 0 Å². The van der Waals surface area contributed by atoms with Crippen LogP contribution in [0.25, 0.3) is 0 Å². The first-order valence-corrected chi connectivity index (χ1v) is 11.6. The van der Waals surface area contributed by atoms with Gasteiger partial charge in [0.25, 0.3) is 16.1 Å². The predicted octanol–water partition coefficient (Wildman–Crippen LogP) is 3.83. The quantitative estimate of drug-likeness (QED) is 0.294. The Balaban J connectivity index is 2.07. The summed E-state index contributed by atoms with van der Waals surface area (Å²) in [5.74, 6) is -2.57. The number of primary amides is 1. The molecule has 0 spiro atoms. The Labute approximate surface area is 201 Å². The topological polar surface area (TPSA) is 146 Å². The van der Waals surface area contributed by atoms with Crippen molar-refractivity contribution in [3.05, 3.63) is 69.3 Å². The molecule has 33 heavy (non-hydrogen) atoms. The number of halogens is 3. The molecular formula is C20H17F2IN4O5S. The maximum atomic E-state index is 14.4. The van der Waals surface area contributed by atoms with Crippen molar-refractivity contribution >= 4 is 55.8 Å². The summed E-state index contributed by atoms with van der Waals surface area (Å²) in [6, 6.07) is 10.1. The van der Waals surface area contributed by atoms with Crippen LogP contribution in [-0.4, -0.2) is 21.4 Å². The van der Waals surface area contributed by atoms with Gasteiger partial charge in [-0.25, -0.2) is 13.9 Å². The fourth-order valence-corrected chi connectivity index (χ4v) is 3.75. The monoisotopic (exact) mass is 590 g/mol. The van der Waals surface area contributed by atoms with Gasteiger partial charge in [0, 0.05) is 27.8 Å². The van der Waals surface area contributed by atoms with E-state index in [-0.39, 0.29) is 39.9 Å². The Bertz CT molecular complexity index is 1340. The summed E-state index contributed by atoms with van der Waals surface area (Å²) in [4.78, 5) is 12.2. The lowest BCUT2D eigenvalue weighted by molar-refractivity contribution is 0.0999. The van der Waals surface area contributed by atoms with Crippen molar-refractivity contribution in [2.24, 2.45) is 10.9 Å². The molecule has 0 radical (unpaired) electrons. The highest BCUT2D eigenvalue weighted by atomic mass is 127.